The van der Waals surface area contributed by atoms with E-state index in [9.17, 15) is 0 Å². The average Bonchev–Trinajstić information content (AvgIpc) is 2.04. The lowest BCUT2D eigenvalue weighted by molar-refractivity contribution is 1.24. The van der Waals surface area contributed by atoms with Crippen LogP contribution < -0.4 is 5.32 Å². The molecule has 0 aliphatic carbocycles. The third kappa shape index (κ3) is 1.37. The lowest BCUT2D eigenvalue weighted by Crippen LogP contribution is -1.99. The van der Waals surface area contributed by atoms with Crippen LogP contribution in [0.5, 0.6) is 0 Å². The maximum absolute atomic E-state index is 7.12. The van der Waals surface area contributed by atoms with Crippen LogP contribution in [0.15, 0.2) is 12.3 Å². The fourth-order valence-electron chi connectivity index (χ4n) is 0.951. The Balaban J connectivity index is 3.24. The van der Waals surface area contributed by atoms with Gasteiger partial charge in [-0.3, -0.25) is 0 Å². The van der Waals surface area contributed by atoms with Crippen molar-refractivity contribution in [3.63, 3.8) is 0 Å². The summed E-state index contributed by atoms with van der Waals surface area (Å²) in [7, 11) is 1.80. The van der Waals surface area contributed by atoms with Gasteiger partial charge in [-0.15, -0.1) is 0 Å². The van der Waals surface area contributed by atoms with Crippen molar-refractivity contribution in [2.75, 3.05) is 12.4 Å². The molecule has 1 aromatic rings. The van der Waals surface area contributed by atoms with Crippen LogP contribution in [0, 0.1) is 12.3 Å². The zero-order valence-corrected chi connectivity index (χ0v) is 6.68. The molecule has 0 amide bonds. The van der Waals surface area contributed by atoms with Gasteiger partial charge in [0, 0.05) is 25.0 Å². The predicted octanol–water partition coefficient (Wildman–Crippen LogP) is 1.43. The van der Waals surface area contributed by atoms with Crippen LogP contribution in [0.3, 0.4) is 0 Å². The molecule has 0 unspecified atom stereocenters. The number of nitrogens with zero attached hydrogens (tertiary/aromatic N) is 1. The Labute approximate surface area is 66.0 Å². The lowest BCUT2D eigenvalue weighted by Gasteiger charge is -2.04. The average molecular weight is 149 g/mol. The summed E-state index contributed by atoms with van der Waals surface area (Å²) >= 11 is 0. The monoisotopic (exact) mass is 149 g/mol. The van der Waals surface area contributed by atoms with Crippen LogP contribution in [0.2, 0.25) is 0 Å². The Morgan fingerprint density at radius 3 is 2.82 bits per heavy atom. The maximum atomic E-state index is 7.12. The summed E-state index contributed by atoms with van der Waals surface area (Å²) < 4.78 is 0. The summed E-state index contributed by atoms with van der Waals surface area (Å²) in [5, 5.41) is 10.0. The van der Waals surface area contributed by atoms with Crippen molar-refractivity contribution in [2.24, 2.45) is 0 Å². The summed E-state index contributed by atoms with van der Waals surface area (Å²) in [5.41, 5.74) is 1.93. The molecular weight excluding hydrogens is 138 g/mol. The fourth-order valence-corrected chi connectivity index (χ4v) is 0.951. The van der Waals surface area contributed by atoms with Gasteiger partial charge in [0.1, 0.15) is 5.82 Å². The number of hydrogen-bond acceptors (Lipinski definition) is 3. The molecule has 0 aliphatic heterocycles. The second-order valence-electron chi connectivity index (χ2n) is 2.28. The molecule has 3 nitrogen and oxygen atoms in total. The van der Waals surface area contributed by atoms with Gasteiger partial charge >= 0.3 is 0 Å². The molecule has 0 saturated heterocycles. The Morgan fingerprint density at radius 2 is 2.36 bits per heavy atom. The number of aryl methyl sites for hydroxylation is 1. The van der Waals surface area contributed by atoms with Crippen molar-refractivity contribution >= 4 is 12.0 Å². The van der Waals surface area contributed by atoms with Gasteiger partial charge in [0.15, 0.2) is 0 Å². The molecule has 58 valence electrons. The van der Waals surface area contributed by atoms with E-state index in [4.69, 9.17) is 5.41 Å². The fraction of sp³-hybridized carbons (Fsp3) is 0.250. The van der Waals surface area contributed by atoms with E-state index in [0.717, 1.165) is 16.9 Å². The van der Waals surface area contributed by atoms with Crippen LogP contribution in [0.1, 0.15) is 11.1 Å². The van der Waals surface area contributed by atoms with Gasteiger partial charge in [-0.2, -0.15) is 0 Å². The first-order valence-electron chi connectivity index (χ1n) is 3.43. The van der Waals surface area contributed by atoms with Gasteiger partial charge in [0.2, 0.25) is 0 Å². The summed E-state index contributed by atoms with van der Waals surface area (Å²) in [6.07, 6.45) is 3.04. The predicted molar refractivity (Wildman–Crippen MR) is 46.4 cm³/mol. The van der Waals surface area contributed by atoms with Crippen molar-refractivity contribution in [2.45, 2.75) is 6.92 Å². The molecule has 0 bridgehead atoms. The molecule has 3 heteroatoms. The Bertz CT molecular complexity index is 268. The molecule has 0 atom stereocenters. The molecule has 11 heavy (non-hydrogen) atoms. The lowest BCUT2D eigenvalue weighted by atomic mass is 10.1. The smallest absolute Gasteiger partial charge is 0.134 e. The zero-order valence-electron chi connectivity index (χ0n) is 6.68. The molecule has 0 fully saturated rings. The molecule has 1 rings (SSSR count). The molecular formula is C8H11N3. The molecule has 1 heterocycles. The first-order valence-corrected chi connectivity index (χ1v) is 3.43. The largest absolute Gasteiger partial charge is 0.373 e. The van der Waals surface area contributed by atoms with E-state index < -0.39 is 0 Å². The van der Waals surface area contributed by atoms with E-state index in [0.29, 0.717) is 0 Å². The quantitative estimate of drug-likeness (QED) is 0.625. The minimum atomic E-state index is 0.764. The van der Waals surface area contributed by atoms with Crippen molar-refractivity contribution in [3.8, 4) is 0 Å². The summed E-state index contributed by atoms with van der Waals surface area (Å²) in [6.45, 7) is 1.96. The molecule has 1 aromatic heterocycles. The minimum absolute atomic E-state index is 0.764. The zero-order chi connectivity index (χ0) is 8.27. The molecule has 0 aromatic carbocycles. The SMILES string of the molecule is CNc1nccc(C)c1C=N. The Hall–Kier alpha value is -1.38. The van der Waals surface area contributed by atoms with E-state index in [-0.39, 0.29) is 0 Å². The van der Waals surface area contributed by atoms with Crippen LogP contribution >= 0.6 is 0 Å². The van der Waals surface area contributed by atoms with Gasteiger partial charge < -0.3 is 10.7 Å². The second-order valence-corrected chi connectivity index (χ2v) is 2.28. The van der Waals surface area contributed by atoms with E-state index >= 15 is 0 Å². The van der Waals surface area contributed by atoms with Crippen molar-refractivity contribution in [1.82, 2.24) is 4.98 Å². The van der Waals surface area contributed by atoms with Gasteiger partial charge in [-0.1, -0.05) is 0 Å². The first kappa shape index (κ1) is 7.72. The number of rotatable bonds is 2. The second kappa shape index (κ2) is 3.14. The first-order chi connectivity index (χ1) is 5.29. The number of hydrogen-bond donors (Lipinski definition) is 2. The normalized spacial score (nSPS) is 9.27. The third-order valence-corrected chi connectivity index (χ3v) is 1.59. The summed E-state index contributed by atoms with van der Waals surface area (Å²) in [6, 6.07) is 1.89. The van der Waals surface area contributed by atoms with E-state index in [1.54, 1.807) is 13.2 Å². The highest BCUT2D eigenvalue weighted by Crippen LogP contribution is 2.12. The molecule has 0 aliphatic rings. The molecule has 0 radical (unpaired) electrons. The highest BCUT2D eigenvalue weighted by Gasteiger charge is 2.00. The number of aromatic nitrogens is 1. The highest BCUT2D eigenvalue weighted by molar-refractivity contribution is 5.85. The third-order valence-electron chi connectivity index (χ3n) is 1.59. The van der Waals surface area contributed by atoms with Crippen LogP contribution in [0.25, 0.3) is 0 Å². The number of pyridine rings is 1. The summed E-state index contributed by atoms with van der Waals surface area (Å²) in [4.78, 5) is 4.07. The van der Waals surface area contributed by atoms with Gasteiger partial charge in [0.25, 0.3) is 0 Å². The number of nitrogens with one attached hydrogen (secondary N) is 2. The number of anilines is 1. The molecule has 2 N–H and O–H groups in total. The van der Waals surface area contributed by atoms with Crippen molar-refractivity contribution in [3.05, 3.63) is 23.4 Å². The van der Waals surface area contributed by atoms with Crippen molar-refractivity contribution in [1.29, 1.82) is 5.41 Å². The van der Waals surface area contributed by atoms with Crippen LogP contribution in [0.4, 0.5) is 5.82 Å². The molecule has 0 saturated carbocycles. The summed E-state index contributed by atoms with van der Waals surface area (Å²) in [5.74, 6) is 0.764. The standard InChI is InChI=1S/C8H11N3/c1-6-3-4-11-8(10-2)7(6)5-9/h3-5,9H,1-2H3,(H,10,11). The van der Waals surface area contributed by atoms with Gasteiger partial charge in [0.05, 0.1) is 0 Å². The van der Waals surface area contributed by atoms with E-state index in [2.05, 4.69) is 10.3 Å². The van der Waals surface area contributed by atoms with Crippen molar-refractivity contribution < 1.29 is 0 Å². The minimum Gasteiger partial charge on any atom is -0.373 e. The van der Waals surface area contributed by atoms with Crippen LogP contribution in [-0.4, -0.2) is 18.2 Å². The van der Waals surface area contributed by atoms with Gasteiger partial charge in [-0.05, 0) is 18.6 Å². The van der Waals surface area contributed by atoms with Crippen LogP contribution in [-0.2, 0) is 0 Å². The Morgan fingerprint density at radius 1 is 1.64 bits per heavy atom. The Kier molecular flexibility index (Phi) is 2.21. The maximum Gasteiger partial charge on any atom is 0.134 e. The van der Waals surface area contributed by atoms with E-state index in [1.165, 1.54) is 6.21 Å². The highest BCUT2D eigenvalue weighted by atomic mass is 15.0. The van der Waals surface area contributed by atoms with Gasteiger partial charge in [-0.25, -0.2) is 4.98 Å². The topological polar surface area (TPSA) is 48.8 Å². The molecule has 0 spiro atoms. The van der Waals surface area contributed by atoms with E-state index in [1.807, 2.05) is 13.0 Å².